The Morgan fingerprint density at radius 3 is 2.48 bits per heavy atom. The van der Waals surface area contributed by atoms with Gasteiger partial charge in [-0.05, 0) is 49.6 Å². The van der Waals surface area contributed by atoms with Crippen molar-refractivity contribution in [2.45, 2.75) is 25.9 Å². The van der Waals surface area contributed by atoms with E-state index < -0.39 is 11.6 Å². The highest BCUT2D eigenvalue weighted by Crippen LogP contribution is 2.46. The molecule has 0 spiro atoms. The number of aromatic nitrogens is 2. The molecule has 0 aliphatic heterocycles. The normalized spacial score (nSPS) is 11.9. The van der Waals surface area contributed by atoms with Gasteiger partial charge < -0.3 is 24.6 Å². The molecular weight excluding hydrogens is 403 g/mol. The Kier molecular flexibility index (Phi) is 4.72. The van der Waals surface area contributed by atoms with Crippen LogP contribution in [-0.4, -0.2) is 36.4 Å². The molecule has 8 heteroatoms. The quantitative estimate of drug-likeness (QED) is 0.445. The maximum absolute atomic E-state index is 13.2. The number of rotatable bonds is 5. The number of hydrogen-bond acceptors (Lipinski definition) is 5. The van der Waals surface area contributed by atoms with E-state index in [-0.39, 0.29) is 34.1 Å². The van der Waals surface area contributed by atoms with Crippen molar-refractivity contribution in [2.24, 2.45) is 7.05 Å². The van der Waals surface area contributed by atoms with Crippen molar-refractivity contribution in [1.29, 1.82) is 0 Å². The van der Waals surface area contributed by atoms with Gasteiger partial charge in [0.2, 0.25) is 5.88 Å². The van der Waals surface area contributed by atoms with E-state index in [1.165, 1.54) is 30.5 Å². The van der Waals surface area contributed by atoms with Crippen LogP contribution in [0.25, 0.3) is 21.7 Å². The molecule has 0 amide bonds. The van der Waals surface area contributed by atoms with Gasteiger partial charge >= 0.3 is 5.97 Å². The molecule has 0 unspecified atom stereocenters. The predicted octanol–water partition coefficient (Wildman–Crippen LogP) is 4.11. The molecule has 0 bridgehead atoms. The van der Waals surface area contributed by atoms with Crippen LogP contribution in [0.2, 0.25) is 0 Å². The van der Waals surface area contributed by atoms with Gasteiger partial charge in [0.25, 0.3) is 0 Å². The number of ether oxygens (including phenoxy) is 1. The molecule has 0 atom stereocenters. The molecule has 160 valence electrons. The minimum atomic E-state index is -1.57. The number of halogens is 1. The van der Waals surface area contributed by atoms with E-state index in [9.17, 15) is 24.5 Å². The largest absolute Gasteiger partial charge is 0.505 e. The number of hydrogen-bond donors (Lipinski definition) is 3. The molecule has 0 saturated heterocycles. The van der Waals surface area contributed by atoms with Crippen molar-refractivity contribution in [3.8, 4) is 17.4 Å². The molecule has 4 aromatic rings. The molecule has 7 nitrogen and oxygen atoms in total. The summed E-state index contributed by atoms with van der Waals surface area (Å²) in [6.07, 6.45) is 3.58. The standard InChI is InChI=1S/C23H21FN2O5/c1-23(2,22(29)30)31-20-15-9-13(8-12-4-6-14(24)7-5-12)10-25-18(15)19(27)17-16(20)11-26(3)21(17)28/h4-7,9-11,27-28H,8H2,1-3H3,(H,29,30). The van der Waals surface area contributed by atoms with Crippen LogP contribution in [0.4, 0.5) is 4.39 Å². The lowest BCUT2D eigenvalue weighted by atomic mass is 10.0. The fourth-order valence-corrected chi connectivity index (χ4v) is 3.50. The van der Waals surface area contributed by atoms with Crippen LogP contribution in [0.1, 0.15) is 25.0 Å². The first-order valence-corrected chi connectivity index (χ1v) is 9.57. The number of carbonyl (C=O) groups is 1. The van der Waals surface area contributed by atoms with Crippen LogP contribution in [-0.2, 0) is 18.3 Å². The number of benzene rings is 2. The molecule has 0 radical (unpaired) electrons. The van der Waals surface area contributed by atoms with Gasteiger partial charge in [-0.2, -0.15) is 0 Å². The molecule has 2 aromatic carbocycles. The lowest BCUT2D eigenvalue weighted by Crippen LogP contribution is -2.38. The first-order chi connectivity index (χ1) is 14.6. The average molecular weight is 424 g/mol. The van der Waals surface area contributed by atoms with Crippen molar-refractivity contribution in [2.75, 3.05) is 0 Å². The minimum Gasteiger partial charge on any atom is -0.505 e. The van der Waals surface area contributed by atoms with E-state index in [0.717, 1.165) is 11.1 Å². The highest BCUT2D eigenvalue weighted by Gasteiger charge is 2.32. The highest BCUT2D eigenvalue weighted by molar-refractivity contribution is 6.11. The van der Waals surface area contributed by atoms with Gasteiger partial charge in [-0.1, -0.05) is 12.1 Å². The summed E-state index contributed by atoms with van der Waals surface area (Å²) in [6, 6.07) is 7.83. The number of aromatic hydroxyl groups is 2. The molecule has 0 aliphatic rings. The summed E-state index contributed by atoms with van der Waals surface area (Å²) in [7, 11) is 1.60. The minimum absolute atomic E-state index is 0.130. The number of aliphatic carboxylic acids is 1. The second-order valence-corrected chi connectivity index (χ2v) is 7.99. The van der Waals surface area contributed by atoms with Crippen molar-refractivity contribution >= 4 is 27.6 Å². The van der Waals surface area contributed by atoms with Gasteiger partial charge in [0.1, 0.15) is 17.1 Å². The monoisotopic (exact) mass is 424 g/mol. The number of aryl methyl sites for hydroxylation is 1. The fraction of sp³-hybridized carbons (Fsp3) is 0.217. The maximum atomic E-state index is 13.2. The van der Waals surface area contributed by atoms with E-state index >= 15 is 0 Å². The van der Waals surface area contributed by atoms with Crippen LogP contribution in [0.3, 0.4) is 0 Å². The summed E-state index contributed by atoms with van der Waals surface area (Å²) in [5.74, 6) is -1.72. The van der Waals surface area contributed by atoms with E-state index in [4.69, 9.17) is 4.74 Å². The Hall–Kier alpha value is -3.81. The lowest BCUT2D eigenvalue weighted by molar-refractivity contribution is -0.152. The smallest absolute Gasteiger partial charge is 0.347 e. The van der Waals surface area contributed by atoms with Gasteiger partial charge in [0.05, 0.1) is 10.8 Å². The predicted molar refractivity (Wildman–Crippen MR) is 113 cm³/mol. The van der Waals surface area contributed by atoms with Crippen LogP contribution in [0, 0.1) is 5.82 Å². The summed E-state index contributed by atoms with van der Waals surface area (Å²) in [5.41, 5.74) is 0.220. The molecule has 31 heavy (non-hydrogen) atoms. The van der Waals surface area contributed by atoms with Crippen molar-refractivity contribution < 1.29 is 29.2 Å². The first-order valence-electron chi connectivity index (χ1n) is 9.57. The zero-order valence-electron chi connectivity index (χ0n) is 17.2. The Morgan fingerprint density at radius 2 is 1.84 bits per heavy atom. The SMILES string of the molecule is Cn1cc2c(OC(C)(C)C(=O)O)c3cc(Cc4ccc(F)cc4)cnc3c(O)c2c1O. The van der Waals surface area contributed by atoms with Crippen molar-refractivity contribution in [3.05, 3.63) is 59.7 Å². The van der Waals surface area contributed by atoms with Crippen LogP contribution >= 0.6 is 0 Å². The molecule has 2 heterocycles. The number of carboxylic acid groups (broad SMARTS) is 1. The van der Waals surface area contributed by atoms with Gasteiger partial charge in [-0.15, -0.1) is 0 Å². The third-order valence-electron chi connectivity index (χ3n) is 5.24. The van der Waals surface area contributed by atoms with Crippen molar-refractivity contribution in [3.63, 3.8) is 0 Å². The fourth-order valence-electron chi connectivity index (χ4n) is 3.50. The van der Waals surface area contributed by atoms with Crippen LogP contribution < -0.4 is 4.74 Å². The molecule has 3 N–H and O–H groups in total. The van der Waals surface area contributed by atoms with Crippen LogP contribution in [0.15, 0.2) is 42.7 Å². The molecular formula is C23H21FN2O5. The number of fused-ring (bicyclic) bond motifs is 2. The second-order valence-electron chi connectivity index (χ2n) is 7.99. The highest BCUT2D eigenvalue weighted by atomic mass is 19.1. The van der Waals surface area contributed by atoms with Gasteiger partial charge in [0.15, 0.2) is 11.4 Å². The average Bonchev–Trinajstić information content (AvgIpc) is 3.01. The van der Waals surface area contributed by atoms with Gasteiger partial charge in [-0.25, -0.2) is 9.18 Å². The Bertz CT molecular complexity index is 1330. The number of pyridine rings is 1. The molecule has 2 aromatic heterocycles. The number of carboxylic acids is 1. The Balaban J connectivity index is 1.96. The summed E-state index contributed by atoms with van der Waals surface area (Å²) < 4.78 is 20.5. The molecule has 0 fully saturated rings. The molecule has 0 aliphatic carbocycles. The summed E-state index contributed by atoms with van der Waals surface area (Å²) >= 11 is 0. The zero-order valence-corrected chi connectivity index (χ0v) is 17.2. The topological polar surface area (TPSA) is 105 Å². The third-order valence-corrected chi connectivity index (χ3v) is 5.24. The number of nitrogens with zero attached hydrogens (tertiary/aromatic N) is 2. The second kappa shape index (κ2) is 7.16. The van der Waals surface area contributed by atoms with Crippen molar-refractivity contribution in [1.82, 2.24) is 9.55 Å². The number of phenols is 1. The maximum Gasteiger partial charge on any atom is 0.347 e. The summed E-state index contributed by atoms with van der Waals surface area (Å²) in [6.45, 7) is 2.83. The first kappa shape index (κ1) is 20.5. The lowest BCUT2D eigenvalue weighted by Gasteiger charge is -2.23. The van der Waals surface area contributed by atoms with E-state index in [1.54, 1.807) is 37.6 Å². The number of phenolic OH excluding ortho intramolecular Hbond substituents is 1. The van der Waals surface area contributed by atoms with Crippen LogP contribution in [0.5, 0.6) is 17.4 Å². The Labute approximate surface area is 177 Å². The Morgan fingerprint density at radius 1 is 1.16 bits per heavy atom. The molecule has 0 saturated carbocycles. The zero-order chi connectivity index (χ0) is 22.5. The third kappa shape index (κ3) is 3.50. The summed E-state index contributed by atoms with van der Waals surface area (Å²) in [4.78, 5) is 16.1. The van der Waals surface area contributed by atoms with E-state index in [2.05, 4.69) is 4.98 Å². The molecule has 4 rings (SSSR count). The van der Waals surface area contributed by atoms with Gasteiger partial charge in [-0.3, -0.25) is 4.98 Å². The van der Waals surface area contributed by atoms with E-state index in [1.807, 2.05) is 0 Å². The summed E-state index contributed by atoms with van der Waals surface area (Å²) in [5, 5.41) is 31.7. The van der Waals surface area contributed by atoms with Gasteiger partial charge in [0, 0.05) is 24.8 Å². The van der Waals surface area contributed by atoms with E-state index in [0.29, 0.717) is 17.2 Å².